The maximum Gasteiger partial charge on any atom is 0.174 e. The fraction of sp³-hybridized carbons (Fsp3) is 0.0909. The number of thiophene rings is 1. The van der Waals surface area contributed by atoms with Crippen LogP contribution in [-0.4, -0.2) is 12.4 Å². The first-order valence-corrected chi connectivity index (χ1v) is 5.40. The van der Waals surface area contributed by atoms with Crippen molar-refractivity contribution >= 4 is 27.3 Å². The fourth-order valence-electron chi connectivity index (χ4n) is 1.35. The largest absolute Gasteiger partial charge is 0.479 e. The van der Waals surface area contributed by atoms with Crippen molar-refractivity contribution in [2.45, 2.75) is 0 Å². The molecule has 2 aromatic rings. The van der Waals surface area contributed by atoms with Crippen LogP contribution in [0, 0.1) is 16.7 Å². The van der Waals surface area contributed by atoms with Gasteiger partial charge >= 0.3 is 0 Å². The van der Waals surface area contributed by atoms with Crippen LogP contribution in [-0.2, 0) is 0 Å². The lowest BCUT2D eigenvalue weighted by molar-refractivity contribution is 0.369. The van der Waals surface area contributed by atoms with Gasteiger partial charge in [0.15, 0.2) is 6.61 Å². The van der Waals surface area contributed by atoms with Crippen LogP contribution in [0.5, 0.6) is 5.75 Å². The van der Waals surface area contributed by atoms with Crippen molar-refractivity contribution in [3.05, 3.63) is 29.1 Å². The van der Waals surface area contributed by atoms with Gasteiger partial charge in [-0.15, -0.1) is 11.3 Å². The third kappa shape index (κ3) is 1.97. The zero-order chi connectivity index (χ0) is 11.5. The van der Waals surface area contributed by atoms with Gasteiger partial charge in [-0.3, -0.25) is 5.41 Å². The molecule has 5 heteroatoms. The molecule has 1 aromatic carbocycles. The molecule has 4 nitrogen and oxygen atoms in total. The third-order valence-electron chi connectivity index (χ3n) is 2.06. The van der Waals surface area contributed by atoms with Crippen molar-refractivity contribution in [2.24, 2.45) is 5.73 Å². The number of nitrogens with two attached hydrogens (primary N) is 1. The van der Waals surface area contributed by atoms with E-state index in [-0.39, 0.29) is 12.4 Å². The lowest BCUT2D eigenvalue weighted by Crippen LogP contribution is -2.08. The number of nitriles is 1. The fourth-order valence-corrected chi connectivity index (χ4v) is 2.30. The van der Waals surface area contributed by atoms with Crippen LogP contribution in [0.1, 0.15) is 4.88 Å². The van der Waals surface area contributed by atoms with E-state index in [4.69, 9.17) is 21.1 Å². The summed E-state index contributed by atoms with van der Waals surface area (Å²) < 4.78 is 6.19. The average Bonchev–Trinajstić information content (AvgIpc) is 2.69. The number of fused-ring (bicyclic) bond motifs is 1. The number of benzene rings is 1. The Balaban J connectivity index is 2.38. The van der Waals surface area contributed by atoms with E-state index >= 15 is 0 Å². The van der Waals surface area contributed by atoms with Gasteiger partial charge in [0.1, 0.15) is 17.7 Å². The van der Waals surface area contributed by atoms with Gasteiger partial charge in [-0.2, -0.15) is 5.26 Å². The highest BCUT2D eigenvalue weighted by atomic mass is 32.1. The van der Waals surface area contributed by atoms with Crippen molar-refractivity contribution in [1.29, 1.82) is 10.7 Å². The quantitative estimate of drug-likeness (QED) is 0.626. The summed E-state index contributed by atoms with van der Waals surface area (Å²) in [5, 5.41) is 16.8. The molecule has 0 aliphatic rings. The summed E-state index contributed by atoms with van der Waals surface area (Å²) in [6, 6.07) is 9.33. The van der Waals surface area contributed by atoms with Gasteiger partial charge in [-0.05, 0) is 29.7 Å². The standard InChI is InChI=1S/C11H9N3OS/c12-3-4-15-8-2-1-7-5-10(11(13)14)16-9(7)6-8/h1-2,5-6H,4H2,(H3,13,14). The molecule has 0 saturated carbocycles. The minimum absolute atomic E-state index is 0.0381. The number of hydrogen-bond donors (Lipinski definition) is 2. The Morgan fingerprint density at radius 1 is 1.50 bits per heavy atom. The number of rotatable bonds is 3. The van der Waals surface area contributed by atoms with Crippen molar-refractivity contribution < 1.29 is 4.74 Å². The summed E-state index contributed by atoms with van der Waals surface area (Å²) in [4.78, 5) is 0.743. The third-order valence-corrected chi connectivity index (χ3v) is 3.19. The molecule has 1 aromatic heterocycles. The van der Waals surface area contributed by atoms with Gasteiger partial charge in [-0.1, -0.05) is 0 Å². The summed E-state index contributed by atoms with van der Waals surface area (Å²) >= 11 is 1.44. The monoisotopic (exact) mass is 231 g/mol. The van der Waals surface area contributed by atoms with E-state index in [9.17, 15) is 0 Å². The molecule has 0 unspecified atom stereocenters. The zero-order valence-corrected chi connectivity index (χ0v) is 9.17. The highest BCUT2D eigenvalue weighted by Gasteiger charge is 2.05. The Morgan fingerprint density at radius 3 is 3.00 bits per heavy atom. The van der Waals surface area contributed by atoms with Crippen LogP contribution >= 0.6 is 11.3 Å². The number of nitrogens with zero attached hydrogens (tertiary/aromatic N) is 1. The van der Waals surface area contributed by atoms with Gasteiger partial charge in [0, 0.05) is 4.70 Å². The lowest BCUT2D eigenvalue weighted by atomic mass is 10.2. The molecule has 2 rings (SSSR count). The summed E-state index contributed by atoms with van der Waals surface area (Å²) in [5.41, 5.74) is 5.42. The molecule has 80 valence electrons. The number of nitrogens with one attached hydrogen (secondary N) is 1. The Hall–Kier alpha value is -2.06. The zero-order valence-electron chi connectivity index (χ0n) is 8.36. The molecule has 3 N–H and O–H groups in total. The second-order valence-electron chi connectivity index (χ2n) is 3.17. The molecule has 0 saturated heterocycles. The molecule has 0 fully saturated rings. The van der Waals surface area contributed by atoms with E-state index in [2.05, 4.69) is 0 Å². The molecular weight excluding hydrogens is 222 g/mol. The highest BCUT2D eigenvalue weighted by Crippen LogP contribution is 2.28. The Kier molecular flexibility index (Phi) is 2.75. The van der Waals surface area contributed by atoms with E-state index in [0.29, 0.717) is 5.75 Å². The first-order chi connectivity index (χ1) is 7.70. The molecule has 0 aliphatic heterocycles. The minimum atomic E-state index is 0.0381. The van der Waals surface area contributed by atoms with Crippen LogP contribution < -0.4 is 10.5 Å². The molecule has 1 heterocycles. The van der Waals surface area contributed by atoms with Crippen molar-refractivity contribution in [3.8, 4) is 11.8 Å². The second kappa shape index (κ2) is 4.21. The van der Waals surface area contributed by atoms with Crippen molar-refractivity contribution in [2.75, 3.05) is 6.61 Å². The highest BCUT2D eigenvalue weighted by molar-refractivity contribution is 7.20. The molecule has 0 radical (unpaired) electrons. The van der Waals surface area contributed by atoms with Gasteiger partial charge in [0.25, 0.3) is 0 Å². The summed E-state index contributed by atoms with van der Waals surface area (Å²) in [6.45, 7) is 0.0381. The topological polar surface area (TPSA) is 82.9 Å². The maximum absolute atomic E-state index is 8.40. The van der Waals surface area contributed by atoms with E-state index in [0.717, 1.165) is 15.0 Å². The van der Waals surface area contributed by atoms with Crippen molar-refractivity contribution in [1.82, 2.24) is 0 Å². The van der Waals surface area contributed by atoms with Crippen LogP contribution in [0.15, 0.2) is 24.3 Å². The SMILES string of the molecule is N#CCOc1ccc2cc(C(=N)N)sc2c1. The van der Waals surface area contributed by atoms with Crippen LogP contribution in [0.4, 0.5) is 0 Å². The Labute approximate surface area is 96.4 Å². The van der Waals surface area contributed by atoms with Gasteiger partial charge in [0.2, 0.25) is 0 Å². The predicted molar refractivity (Wildman–Crippen MR) is 63.9 cm³/mol. The summed E-state index contributed by atoms with van der Waals surface area (Å²) in [7, 11) is 0. The number of hydrogen-bond acceptors (Lipinski definition) is 4. The number of nitrogen functional groups attached to an aromatic ring is 1. The Morgan fingerprint density at radius 2 is 2.31 bits per heavy atom. The molecule has 16 heavy (non-hydrogen) atoms. The maximum atomic E-state index is 8.40. The second-order valence-corrected chi connectivity index (χ2v) is 4.25. The minimum Gasteiger partial charge on any atom is -0.479 e. The predicted octanol–water partition coefficient (Wildman–Crippen LogP) is 2.09. The van der Waals surface area contributed by atoms with Crippen molar-refractivity contribution in [3.63, 3.8) is 0 Å². The van der Waals surface area contributed by atoms with E-state index in [1.165, 1.54) is 11.3 Å². The molecular formula is C11H9N3OS. The molecule has 0 atom stereocenters. The molecule has 0 aliphatic carbocycles. The van der Waals surface area contributed by atoms with Crippen LogP contribution in [0.25, 0.3) is 10.1 Å². The summed E-state index contributed by atoms with van der Waals surface area (Å²) in [6.07, 6.45) is 0. The first-order valence-electron chi connectivity index (χ1n) is 4.58. The lowest BCUT2D eigenvalue weighted by Gasteiger charge is -1.99. The molecule has 0 spiro atoms. The molecule has 0 bridgehead atoms. The Bertz CT molecular complexity index is 582. The van der Waals surface area contributed by atoms with E-state index < -0.39 is 0 Å². The van der Waals surface area contributed by atoms with E-state index in [1.54, 1.807) is 6.07 Å². The van der Waals surface area contributed by atoms with E-state index in [1.807, 2.05) is 24.3 Å². The first kappa shape index (κ1) is 10.5. The number of amidine groups is 1. The van der Waals surface area contributed by atoms with Gasteiger partial charge < -0.3 is 10.5 Å². The number of ether oxygens (including phenoxy) is 1. The van der Waals surface area contributed by atoms with Crippen LogP contribution in [0.2, 0.25) is 0 Å². The van der Waals surface area contributed by atoms with Crippen LogP contribution in [0.3, 0.4) is 0 Å². The summed E-state index contributed by atoms with van der Waals surface area (Å²) in [5.74, 6) is 0.728. The normalized spacial score (nSPS) is 9.94. The smallest absolute Gasteiger partial charge is 0.174 e. The van der Waals surface area contributed by atoms with Gasteiger partial charge in [0.05, 0.1) is 4.88 Å². The molecule has 0 amide bonds. The average molecular weight is 231 g/mol. The van der Waals surface area contributed by atoms with Gasteiger partial charge in [-0.25, -0.2) is 0 Å².